The van der Waals surface area contributed by atoms with Crippen molar-refractivity contribution in [1.29, 1.82) is 0 Å². The summed E-state index contributed by atoms with van der Waals surface area (Å²) in [4.78, 5) is 32.0. The van der Waals surface area contributed by atoms with Crippen LogP contribution in [-0.4, -0.2) is 29.0 Å². The van der Waals surface area contributed by atoms with Crippen molar-refractivity contribution in [3.63, 3.8) is 0 Å². The second-order valence-corrected chi connectivity index (χ2v) is 7.96. The van der Waals surface area contributed by atoms with Crippen LogP contribution in [0.2, 0.25) is 5.02 Å². The number of carbonyl (C=O) groups is 2. The largest absolute Gasteiger partial charge is 0.413 e. The van der Waals surface area contributed by atoms with Crippen LogP contribution in [0, 0.1) is 0 Å². The van der Waals surface area contributed by atoms with Gasteiger partial charge in [0, 0.05) is 24.8 Å². The van der Waals surface area contributed by atoms with E-state index in [1.54, 1.807) is 11.4 Å². The number of hydrogen-bond donors (Lipinski definition) is 4. The first kappa shape index (κ1) is 20.9. The number of halogens is 1. The molecule has 0 aliphatic carbocycles. The van der Waals surface area contributed by atoms with Crippen molar-refractivity contribution in [1.82, 2.24) is 15.3 Å². The summed E-state index contributed by atoms with van der Waals surface area (Å²) < 4.78 is 5.21. The van der Waals surface area contributed by atoms with Crippen molar-refractivity contribution in [3.05, 3.63) is 46.4 Å². The summed E-state index contributed by atoms with van der Waals surface area (Å²) in [6.45, 7) is 0. The van der Waals surface area contributed by atoms with E-state index in [2.05, 4.69) is 31.2 Å². The Morgan fingerprint density at radius 2 is 2.13 bits per heavy atom. The van der Waals surface area contributed by atoms with Gasteiger partial charge in [-0.25, -0.2) is 9.78 Å². The van der Waals surface area contributed by atoms with Gasteiger partial charge in [-0.05, 0) is 42.0 Å². The van der Waals surface area contributed by atoms with Crippen molar-refractivity contribution in [2.75, 3.05) is 23.0 Å². The van der Waals surface area contributed by atoms with Crippen LogP contribution >= 0.6 is 22.9 Å². The number of amides is 2. The Bertz CT molecular complexity index is 1140. The van der Waals surface area contributed by atoms with Gasteiger partial charge in [0.2, 0.25) is 16.9 Å². The Morgan fingerprint density at radius 3 is 2.97 bits per heavy atom. The molecule has 11 heteroatoms. The van der Waals surface area contributed by atoms with E-state index in [1.807, 2.05) is 18.2 Å². The summed E-state index contributed by atoms with van der Waals surface area (Å²) in [5.41, 5.74) is 3.16. The van der Waals surface area contributed by atoms with Crippen LogP contribution in [0.25, 0.3) is 0 Å². The summed E-state index contributed by atoms with van der Waals surface area (Å²) in [5.74, 6) is 0.675. The quantitative estimate of drug-likeness (QED) is 0.438. The van der Waals surface area contributed by atoms with Crippen LogP contribution < -0.4 is 26.0 Å². The van der Waals surface area contributed by atoms with Crippen molar-refractivity contribution in [2.24, 2.45) is 0 Å². The molecule has 1 aliphatic rings. The number of aromatic nitrogens is 2. The van der Waals surface area contributed by atoms with Gasteiger partial charge in [-0.1, -0.05) is 17.7 Å². The lowest BCUT2D eigenvalue weighted by atomic mass is 10.1. The van der Waals surface area contributed by atoms with Crippen molar-refractivity contribution < 1.29 is 14.3 Å². The van der Waals surface area contributed by atoms with E-state index in [1.165, 1.54) is 24.6 Å². The molecule has 3 aromatic rings. The maximum atomic E-state index is 11.8. The Balaban J connectivity index is 1.53. The molecule has 4 N–H and O–H groups in total. The van der Waals surface area contributed by atoms with Crippen molar-refractivity contribution in [2.45, 2.75) is 19.3 Å². The predicted octanol–water partition coefficient (Wildman–Crippen LogP) is 4.67. The minimum absolute atomic E-state index is 0.00988. The zero-order valence-electron chi connectivity index (χ0n) is 16.5. The van der Waals surface area contributed by atoms with E-state index in [4.69, 9.17) is 16.3 Å². The fourth-order valence-electron chi connectivity index (χ4n) is 3.01. The minimum Gasteiger partial charge on any atom is -0.397 e. The molecule has 31 heavy (non-hydrogen) atoms. The monoisotopic (exact) mass is 458 g/mol. The molecular weight excluding hydrogens is 440 g/mol. The number of aryl methyl sites for hydroxylation is 1. The standard InChI is InChI=1S/C20H19ClN6O3S/c1-22-20(29)30-18-14(7-8-31-18)26-17-13(21)10-23-19(27-17)24-12-6-5-11-3-2-4-16(28)25-15(11)9-12/h5-10H,2-4H2,1H3,(H,22,29)(H,25,28)(H2,23,24,26,27). The lowest BCUT2D eigenvalue weighted by molar-refractivity contribution is -0.116. The normalized spacial score (nSPS) is 12.9. The van der Waals surface area contributed by atoms with E-state index in [-0.39, 0.29) is 5.91 Å². The maximum Gasteiger partial charge on any atom is 0.413 e. The van der Waals surface area contributed by atoms with Crippen LogP contribution in [0.3, 0.4) is 0 Å². The number of fused-ring (bicyclic) bond motifs is 1. The number of nitrogens with zero attached hydrogens (tertiary/aromatic N) is 2. The third-order valence-corrected chi connectivity index (χ3v) is 5.57. The number of thiophene rings is 1. The SMILES string of the molecule is CNC(=O)Oc1sccc1Nc1nc(Nc2ccc3c(c2)NC(=O)CCC3)ncc1Cl. The summed E-state index contributed by atoms with van der Waals surface area (Å²) >= 11 is 7.51. The van der Waals surface area contributed by atoms with Crippen LogP contribution in [0.5, 0.6) is 5.06 Å². The zero-order valence-corrected chi connectivity index (χ0v) is 18.1. The van der Waals surface area contributed by atoms with Crippen LogP contribution in [-0.2, 0) is 11.2 Å². The topological polar surface area (TPSA) is 117 Å². The molecule has 0 saturated heterocycles. The summed E-state index contributed by atoms with van der Waals surface area (Å²) in [6, 6.07) is 7.50. The van der Waals surface area contributed by atoms with Crippen LogP contribution in [0.1, 0.15) is 18.4 Å². The van der Waals surface area contributed by atoms with Crippen LogP contribution in [0.15, 0.2) is 35.8 Å². The Kier molecular flexibility index (Phi) is 6.19. The second-order valence-electron chi connectivity index (χ2n) is 6.68. The highest BCUT2D eigenvalue weighted by atomic mass is 35.5. The van der Waals surface area contributed by atoms with E-state index in [0.29, 0.717) is 34.0 Å². The number of hydrogen-bond acceptors (Lipinski definition) is 8. The fraction of sp³-hybridized carbons (Fsp3) is 0.200. The smallest absolute Gasteiger partial charge is 0.397 e. The molecule has 9 nitrogen and oxygen atoms in total. The number of rotatable bonds is 5. The first-order valence-corrected chi connectivity index (χ1v) is 10.7. The highest BCUT2D eigenvalue weighted by Crippen LogP contribution is 2.35. The molecule has 0 atom stereocenters. The number of benzene rings is 1. The van der Waals surface area contributed by atoms with Crippen molar-refractivity contribution in [3.8, 4) is 5.06 Å². The minimum atomic E-state index is -0.572. The molecule has 0 saturated carbocycles. The predicted molar refractivity (Wildman–Crippen MR) is 121 cm³/mol. The molecule has 160 valence electrons. The molecule has 4 rings (SSSR count). The van der Waals surface area contributed by atoms with Gasteiger partial charge in [0.25, 0.3) is 0 Å². The highest BCUT2D eigenvalue weighted by Gasteiger charge is 2.15. The van der Waals surface area contributed by atoms with Gasteiger partial charge in [-0.3, -0.25) is 4.79 Å². The average Bonchev–Trinajstić information content (AvgIpc) is 3.08. The molecule has 3 heterocycles. The Labute approximate surface area is 187 Å². The highest BCUT2D eigenvalue weighted by molar-refractivity contribution is 7.12. The summed E-state index contributed by atoms with van der Waals surface area (Å²) in [6.07, 6.45) is 3.09. The first-order valence-electron chi connectivity index (χ1n) is 9.48. The van der Waals surface area contributed by atoms with Gasteiger partial charge in [0.1, 0.15) is 5.02 Å². The maximum absolute atomic E-state index is 11.8. The van der Waals surface area contributed by atoms with Crippen molar-refractivity contribution >= 4 is 63.8 Å². The van der Waals surface area contributed by atoms with E-state index in [0.717, 1.165) is 29.8 Å². The molecule has 0 bridgehead atoms. The fourth-order valence-corrected chi connectivity index (χ4v) is 3.85. The van der Waals surface area contributed by atoms with Gasteiger partial charge in [0.05, 0.1) is 11.9 Å². The molecule has 1 aliphatic heterocycles. The molecule has 0 spiro atoms. The van der Waals surface area contributed by atoms with E-state index < -0.39 is 6.09 Å². The first-order chi connectivity index (χ1) is 15.0. The average molecular weight is 459 g/mol. The van der Waals surface area contributed by atoms with Gasteiger partial charge in [0.15, 0.2) is 5.82 Å². The van der Waals surface area contributed by atoms with Gasteiger partial charge >= 0.3 is 6.09 Å². The molecule has 2 aromatic heterocycles. The summed E-state index contributed by atoms with van der Waals surface area (Å²) in [7, 11) is 1.48. The third kappa shape index (κ3) is 5.04. The molecule has 1 aromatic carbocycles. The lowest BCUT2D eigenvalue weighted by Crippen LogP contribution is -2.21. The van der Waals surface area contributed by atoms with E-state index in [9.17, 15) is 9.59 Å². The van der Waals surface area contributed by atoms with Crippen LogP contribution in [0.4, 0.5) is 33.6 Å². The molecular formula is C20H19ClN6O3S. The second kappa shape index (κ2) is 9.19. The Morgan fingerprint density at radius 1 is 1.26 bits per heavy atom. The Hall–Kier alpha value is -3.37. The van der Waals surface area contributed by atoms with Gasteiger partial charge in [-0.2, -0.15) is 4.98 Å². The number of carbonyl (C=O) groups excluding carboxylic acids is 2. The summed E-state index contributed by atoms with van der Waals surface area (Å²) in [5, 5.41) is 14.0. The number of nitrogens with one attached hydrogen (secondary N) is 4. The number of ether oxygens (including phenoxy) is 1. The zero-order chi connectivity index (χ0) is 21.8. The van der Waals surface area contributed by atoms with E-state index >= 15 is 0 Å². The number of anilines is 5. The molecule has 0 fully saturated rings. The van der Waals surface area contributed by atoms with Gasteiger partial charge in [-0.15, -0.1) is 11.3 Å². The molecule has 2 amide bonds. The van der Waals surface area contributed by atoms with Gasteiger partial charge < -0.3 is 26.0 Å². The third-order valence-electron chi connectivity index (χ3n) is 4.51. The lowest BCUT2D eigenvalue weighted by Gasteiger charge is -2.12. The molecule has 0 radical (unpaired) electrons. The molecule has 0 unspecified atom stereocenters.